The molecule has 3 nitrogen and oxygen atoms in total. The van der Waals surface area contributed by atoms with Crippen LogP contribution in [0.15, 0.2) is 0 Å². The maximum absolute atomic E-state index is 11.2. The van der Waals surface area contributed by atoms with Crippen LogP contribution in [-0.2, 0) is 14.3 Å². The van der Waals surface area contributed by atoms with Crippen molar-refractivity contribution >= 4 is 5.97 Å². The average Bonchev–Trinajstić information content (AvgIpc) is 2.55. The van der Waals surface area contributed by atoms with Crippen LogP contribution in [0.2, 0.25) is 0 Å². The minimum atomic E-state index is -0.136. The molecule has 1 aliphatic heterocycles. The number of hydrogen-bond acceptors (Lipinski definition) is 3. The fraction of sp³-hybridized carbons (Fsp3) is 0.900. The fourth-order valence-corrected chi connectivity index (χ4v) is 1.37. The van der Waals surface area contributed by atoms with E-state index in [9.17, 15) is 4.79 Å². The van der Waals surface area contributed by atoms with Gasteiger partial charge < -0.3 is 9.47 Å². The van der Waals surface area contributed by atoms with Crippen molar-refractivity contribution in [3.05, 3.63) is 0 Å². The Kier molecular flexibility index (Phi) is 3.72. The second kappa shape index (κ2) is 4.61. The van der Waals surface area contributed by atoms with Crippen LogP contribution in [0.1, 0.15) is 33.6 Å². The summed E-state index contributed by atoms with van der Waals surface area (Å²) in [5, 5.41) is 0. The lowest BCUT2D eigenvalue weighted by Crippen LogP contribution is -2.29. The molecule has 0 aromatic heterocycles. The molecular formula is C10H18O3. The zero-order valence-electron chi connectivity index (χ0n) is 8.58. The molecule has 1 fully saturated rings. The van der Waals surface area contributed by atoms with Crippen LogP contribution in [0, 0.1) is 5.92 Å². The van der Waals surface area contributed by atoms with E-state index in [0.29, 0.717) is 0 Å². The Hall–Kier alpha value is -0.570. The van der Waals surface area contributed by atoms with Crippen molar-refractivity contribution in [3.63, 3.8) is 0 Å². The van der Waals surface area contributed by atoms with Crippen LogP contribution < -0.4 is 0 Å². The lowest BCUT2D eigenvalue weighted by molar-refractivity contribution is -0.157. The summed E-state index contributed by atoms with van der Waals surface area (Å²) in [5.41, 5.74) is 0. The van der Waals surface area contributed by atoms with E-state index in [1.54, 1.807) is 0 Å². The molecule has 2 atom stereocenters. The van der Waals surface area contributed by atoms with Crippen LogP contribution in [-0.4, -0.2) is 24.8 Å². The van der Waals surface area contributed by atoms with Crippen LogP contribution >= 0.6 is 0 Å². The molecule has 76 valence electrons. The summed E-state index contributed by atoms with van der Waals surface area (Å²) in [6, 6.07) is 0. The first-order chi connectivity index (χ1) is 6.11. The first-order valence-corrected chi connectivity index (χ1v) is 4.93. The molecule has 0 saturated carbocycles. The van der Waals surface area contributed by atoms with Gasteiger partial charge in [-0.05, 0) is 19.8 Å². The van der Waals surface area contributed by atoms with E-state index in [1.165, 1.54) is 0 Å². The van der Waals surface area contributed by atoms with Crippen molar-refractivity contribution in [1.82, 2.24) is 0 Å². The highest BCUT2D eigenvalue weighted by molar-refractivity contribution is 5.71. The zero-order valence-corrected chi connectivity index (χ0v) is 8.58. The molecule has 13 heavy (non-hydrogen) atoms. The molecule has 0 radical (unpaired) electrons. The maximum atomic E-state index is 11.2. The minimum absolute atomic E-state index is 0.0520. The van der Waals surface area contributed by atoms with Gasteiger partial charge in [-0.15, -0.1) is 0 Å². The molecular weight excluding hydrogens is 168 g/mol. The number of carbonyl (C=O) groups is 1. The summed E-state index contributed by atoms with van der Waals surface area (Å²) in [6.45, 7) is 6.37. The Bertz CT molecular complexity index is 171. The van der Waals surface area contributed by atoms with Gasteiger partial charge >= 0.3 is 5.97 Å². The van der Waals surface area contributed by atoms with Crippen molar-refractivity contribution in [3.8, 4) is 0 Å². The van der Waals surface area contributed by atoms with Gasteiger partial charge in [0.15, 0.2) is 0 Å². The molecule has 3 heteroatoms. The van der Waals surface area contributed by atoms with E-state index in [1.807, 2.05) is 20.8 Å². The summed E-state index contributed by atoms with van der Waals surface area (Å²) >= 11 is 0. The quantitative estimate of drug-likeness (QED) is 0.630. The first kappa shape index (κ1) is 10.5. The molecule has 1 saturated heterocycles. The normalized spacial score (nSPS) is 24.8. The number of ether oxygens (including phenoxy) is 2. The Morgan fingerprint density at radius 1 is 1.46 bits per heavy atom. The summed E-state index contributed by atoms with van der Waals surface area (Å²) in [7, 11) is 0. The summed E-state index contributed by atoms with van der Waals surface area (Å²) in [5.74, 6) is -0.188. The standard InChI is InChI=1S/C10H18O3/c1-7(2)10(11)13-8(3)9-5-4-6-12-9/h7-9H,4-6H2,1-3H3. The van der Waals surface area contributed by atoms with E-state index in [0.717, 1.165) is 19.4 Å². The molecule has 2 unspecified atom stereocenters. The van der Waals surface area contributed by atoms with Gasteiger partial charge in [-0.2, -0.15) is 0 Å². The third-order valence-corrected chi connectivity index (χ3v) is 2.26. The van der Waals surface area contributed by atoms with Gasteiger partial charge in [-0.1, -0.05) is 13.8 Å². The average molecular weight is 186 g/mol. The topological polar surface area (TPSA) is 35.5 Å². The highest BCUT2D eigenvalue weighted by atomic mass is 16.6. The van der Waals surface area contributed by atoms with Crippen molar-refractivity contribution in [2.24, 2.45) is 5.92 Å². The molecule has 0 spiro atoms. The second-order valence-electron chi connectivity index (χ2n) is 3.85. The van der Waals surface area contributed by atoms with Gasteiger partial charge in [0.2, 0.25) is 0 Å². The highest BCUT2D eigenvalue weighted by Gasteiger charge is 2.25. The van der Waals surface area contributed by atoms with Gasteiger partial charge in [0, 0.05) is 6.61 Å². The smallest absolute Gasteiger partial charge is 0.308 e. The fourth-order valence-electron chi connectivity index (χ4n) is 1.37. The van der Waals surface area contributed by atoms with Crippen molar-refractivity contribution in [2.75, 3.05) is 6.61 Å². The lowest BCUT2D eigenvalue weighted by Gasteiger charge is -2.19. The molecule has 0 N–H and O–H groups in total. The van der Waals surface area contributed by atoms with Gasteiger partial charge in [0.1, 0.15) is 6.10 Å². The maximum Gasteiger partial charge on any atom is 0.308 e. The van der Waals surface area contributed by atoms with Crippen molar-refractivity contribution in [1.29, 1.82) is 0 Å². The number of esters is 1. The molecule has 1 heterocycles. The second-order valence-corrected chi connectivity index (χ2v) is 3.85. The molecule has 0 aromatic rings. The van der Waals surface area contributed by atoms with Crippen molar-refractivity contribution in [2.45, 2.75) is 45.8 Å². The molecule has 1 aliphatic rings. The number of carbonyl (C=O) groups excluding carboxylic acids is 1. The number of hydrogen-bond donors (Lipinski definition) is 0. The van der Waals surface area contributed by atoms with E-state index >= 15 is 0 Å². The molecule has 0 aromatic carbocycles. The Morgan fingerprint density at radius 2 is 2.15 bits per heavy atom. The SMILES string of the molecule is CC(C)C(=O)OC(C)C1CCCO1. The summed E-state index contributed by atoms with van der Waals surface area (Å²) < 4.78 is 10.6. The van der Waals surface area contributed by atoms with E-state index in [4.69, 9.17) is 9.47 Å². The van der Waals surface area contributed by atoms with Gasteiger partial charge in [-0.25, -0.2) is 0 Å². The first-order valence-electron chi connectivity index (χ1n) is 4.93. The Labute approximate surface area is 79.4 Å². The van der Waals surface area contributed by atoms with E-state index < -0.39 is 0 Å². The third kappa shape index (κ3) is 2.99. The largest absolute Gasteiger partial charge is 0.460 e. The molecule has 1 rings (SSSR count). The van der Waals surface area contributed by atoms with Gasteiger partial charge in [-0.3, -0.25) is 4.79 Å². The summed E-state index contributed by atoms with van der Waals surface area (Å²) in [6.07, 6.45) is 2.10. The highest BCUT2D eigenvalue weighted by Crippen LogP contribution is 2.18. The van der Waals surface area contributed by atoms with Crippen LogP contribution in [0.4, 0.5) is 0 Å². The Balaban J connectivity index is 2.31. The van der Waals surface area contributed by atoms with Gasteiger partial charge in [0.25, 0.3) is 0 Å². The zero-order chi connectivity index (χ0) is 9.84. The van der Waals surface area contributed by atoms with Crippen LogP contribution in [0.3, 0.4) is 0 Å². The summed E-state index contributed by atoms with van der Waals surface area (Å²) in [4.78, 5) is 11.2. The lowest BCUT2D eigenvalue weighted by atomic mass is 10.1. The minimum Gasteiger partial charge on any atom is -0.460 e. The van der Waals surface area contributed by atoms with E-state index in [2.05, 4.69) is 0 Å². The molecule has 0 bridgehead atoms. The van der Waals surface area contributed by atoms with Crippen molar-refractivity contribution < 1.29 is 14.3 Å². The predicted octanol–water partition coefficient (Wildman–Crippen LogP) is 1.75. The van der Waals surface area contributed by atoms with Crippen LogP contribution in [0.25, 0.3) is 0 Å². The Morgan fingerprint density at radius 3 is 2.62 bits per heavy atom. The van der Waals surface area contributed by atoms with Gasteiger partial charge in [0.05, 0.1) is 12.0 Å². The predicted molar refractivity (Wildman–Crippen MR) is 49.4 cm³/mol. The van der Waals surface area contributed by atoms with E-state index in [-0.39, 0.29) is 24.1 Å². The molecule has 0 aliphatic carbocycles. The van der Waals surface area contributed by atoms with Crippen LogP contribution in [0.5, 0.6) is 0 Å². The molecule has 0 amide bonds. The number of rotatable bonds is 3. The third-order valence-electron chi connectivity index (χ3n) is 2.26. The monoisotopic (exact) mass is 186 g/mol.